The van der Waals surface area contributed by atoms with Gasteiger partial charge in [0.15, 0.2) is 6.10 Å². The van der Waals surface area contributed by atoms with E-state index in [2.05, 4.69) is 50.3 Å². The van der Waals surface area contributed by atoms with Crippen LogP contribution < -0.4 is 0 Å². The predicted octanol–water partition coefficient (Wildman–Crippen LogP) is 15.0. The Morgan fingerprint density at radius 1 is 0.469 bits per heavy atom. The normalized spacial score (nSPS) is 13.1. The van der Waals surface area contributed by atoms with Crippen LogP contribution in [0.2, 0.25) is 0 Å². The number of ether oxygens (including phenoxy) is 4. The molecule has 0 saturated carbocycles. The first kappa shape index (κ1) is 61.5. The minimum Gasteiger partial charge on any atom is -0.477 e. The Hall–Kier alpha value is -2.49. The largest absolute Gasteiger partial charge is 0.477 e. The van der Waals surface area contributed by atoms with E-state index in [1.807, 2.05) is 21.1 Å². The maximum atomic E-state index is 12.8. The number of esters is 2. The number of quaternary nitrogens is 1. The van der Waals surface area contributed by atoms with Gasteiger partial charge in [-0.3, -0.25) is 9.59 Å². The van der Waals surface area contributed by atoms with E-state index in [1.54, 1.807) is 0 Å². The monoisotopic (exact) mass is 905 g/mol. The van der Waals surface area contributed by atoms with Gasteiger partial charge in [0.05, 0.1) is 34.4 Å². The molecule has 0 bridgehead atoms. The van der Waals surface area contributed by atoms with Gasteiger partial charge in [0, 0.05) is 12.8 Å². The van der Waals surface area contributed by atoms with Crippen molar-refractivity contribution >= 4 is 17.9 Å². The summed E-state index contributed by atoms with van der Waals surface area (Å²) in [5, 5.41) is 9.68. The van der Waals surface area contributed by atoms with Crippen LogP contribution in [0.15, 0.2) is 36.5 Å². The summed E-state index contributed by atoms with van der Waals surface area (Å²) in [5.41, 5.74) is 0. The van der Waals surface area contributed by atoms with Crippen LogP contribution >= 0.6 is 0 Å². The molecule has 0 rings (SSSR count). The molecular weight excluding hydrogens is 803 g/mol. The Labute approximate surface area is 394 Å². The Morgan fingerprint density at radius 2 is 0.844 bits per heavy atom. The lowest BCUT2D eigenvalue weighted by Crippen LogP contribution is -2.40. The molecule has 0 aliphatic heterocycles. The standard InChI is InChI=1S/C55H101NO8/c1-6-8-10-12-14-16-18-20-22-24-26-27-28-30-31-33-35-37-39-41-43-45-52(57)62-49-51(50-63-55(54(59)60)61-48-47-56(3,4)5)64-53(58)46-44-42-40-38-36-34-32-29-25-23-21-19-17-15-13-11-9-7-2/h17,19,23-26,51,55H,6-16,18,20-22,27-50H2,1-5H3/p+1/b19-17-,25-23-,26-24-. The lowest BCUT2D eigenvalue weighted by Gasteiger charge is -2.25. The van der Waals surface area contributed by atoms with Crippen LogP contribution in [0.5, 0.6) is 0 Å². The summed E-state index contributed by atoms with van der Waals surface area (Å²) in [5.74, 6) is -2.01. The third-order valence-corrected chi connectivity index (χ3v) is 11.6. The Kier molecular flexibility index (Phi) is 45.2. The van der Waals surface area contributed by atoms with Crippen molar-refractivity contribution in [1.29, 1.82) is 0 Å². The molecule has 0 heterocycles. The first-order valence-electron chi connectivity index (χ1n) is 26.7. The number of unbranched alkanes of at least 4 members (excludes halogenated alkanes) is 28. The van der Waals surface area contributed by atoms with E-state index >= 15 is 0 Å². The summed E-state index contributed by atoms with van der Waals surface area (Å²) < 4.78 is 22.8. The van der Waals surface area contributed by atoms with Crippen molar-refractivity contribution in [2.24, 2.45) is 0 Å². The zero-order valence-corrected chi connectivity index (χ0v) is 42.4. The molecule has 0 amide bonds. The first-order chi connectivity index (χ1) is 31.1. The maximum Gasteiger partial charge on any atom is 0.361 e. The van der Waals surface area contributed by atoms with Crippen molar-refractivity contribution in [3.05, 3.63) is 36.5 Å². The summed E-state index contributed by atoms with van der Waals surface area (Å²) in [6, 6.07) is 0. The molecule has 9 nitrogen and oxygen atoms in total. The molecule has 0 aromatic heterocycles. The summed E-state index contributed by atoms with van der Waals surface area (Å²) in [6.07, 6.45) is 52.0. The van der Waals surface area contributed by atoms with Gasteiger partial charge in [-0.25, -0.2) is 4.79 Å². The topological polar surface area (TPSA) is 108 Å². The number of carboxylic acid groups (broad SMARTS) is 1. The van der Waals surface area contributed by atoms with Crippen LogP contribution in [0.3, 0.4) is 0 Å². The highest BCUT2D eigenvalue weighted by Crippen LogP contribution is 2.15. The zero-order valence-electron chi connectivity index (χ0n) is 42.4. The molecule has 0 aromatic rings. The van der Waals surface area contributed by atoms with Crippen LogP contribution in [0.1, 0.15) is 239 Å². The quantitative estimate of drug-likeness (QED) is 0.0211. The molecule has 1 N–H and O–H groups in total. The minimum atomic E-state index is -1.51. The molecule has 64 heavy (non-hydrogen) atoms. The van der Waals surface area contributed by atoms with Crippen molar-refractivity contribution in [3.8, 4) is 0 Å². The summed E-state index contributed by atoms with van der Waals surface area (Å²) >= 11 is 0. The van der Waals surface area contributed by atoms with Crippen LogP contribution in [0.25, 0.3) is 0 Å². The van der Waals surface area contributed by atoms with Gasteiger partial charge in [-0.05, 0) is 70.6 Å². The number of rotatable bonds is 49. The van der Waals surface area contributed by atoms with E-state index < -0.39 is 24.3 Å². The van der Waals surface area contributed by atoms with Crippen LogP contribution in [-0.4, -0.2) is 87.4 Å². The number of aliphatic carboxylic acids is 1. The van der Waals surface area contributed by atoms with E-state index in [4.69, 9.17) is 18.9 Å². The van der Waals surface area contributed by atoms with Crippen molar-refractivity contribution in [2.45, 2.75) is 251 Å². The van der Waals surface area contributed by atoms with Gasteiger partial charge in [0.2, 0.25) is 0 Å². The van der Waals surface area contributed by atoms with E-state index in [0.717, 1.165) is 51.4 Å². The lowest BCUT2D eigenvalue weighted by molar-refractivity contribution is -0.870. The SMILES string of the molecule is CCCCCC/C=C\C/C=C\CCCCCCCCCC(=O)OC(COC(=O)CCCCCCCCCCC/C=C\CCCCCCCCCC)COC(OCC[N+](C)(C)C)C(=O)O. The second kappa shape index (κ2) is 47.0. The Balaban J connectivity index is 4.31. The number of allylic oxidation sites excluding steroid dienone is 6. The zero-order chi connectivity index (χ0) is 47.0. The molecule has 0 aliphatic carbocycles. The molecule has 2 unspecified atom stereocenters. The van der Waals surface area contributed by atoms with Crippen LogP contribution in [-0.2, 0) is 33.3 Å². The van der Waals surface area contributed by atoms with Crippen LogP contribution in [0, 0.1) is 0 Å². The van der Waals surface area contributed by atoms with Gasteiger partial charge >= 0.3 is 17.9 Å². The van der Waals surface area contributed by atoms with Crippen molar-refractivity contribution in [3.63, 3.8) is 0 Å². The fourth-order valence-corrected chi connectivity index (χ4v) is 7.45. The number of hydrogen-bond acceptors (Lipinski definition) is 7. The highest BCUT2D eigenvalue weighted by molar-refractivity contribution is 5.71. The highest BCUT2D eigenvalue weighted by atomic mass is 16.7. The van der Waals surface area contributed by atoms with E-state index in [1.165, 1.54) is 154 Å². The Bertz CT molecular complexity index is 1150. The fourth-order valence-electron chi connectivity index (χ4n) is 7.45. The molecule has 0 radical (unpaired) electrons. The van der Waals surface area contributed by atoms with Crippen molar-refractivity contribution in [2.75, 3.05) is 47.5 Å². The molecule has 0 saturated heterocycles. The third kappa shape index (κ3) is 47.5. The Morgan fingerprint density at radius 3 is 1.27 bits per heavy atom. The molecule has 9 heteroatoms. The number of nitrogens with zero attached hydrogens (tertiary/aromatic N) is 1. The molecule has 2 atom stereocenters. The maximum absolute atomic E-state index is 12.8. The van der Waals surface area contributed by atoms with Gasteiger partial charge in [-0.2, -0.15) is 0 Å². The number of carbonyl (C=O) groups excluding carboxylic acids is 2. The highest BCUT2D eigenvalue weighted by Gasteiger charge is 2.25. The summed E-state index contributed by atoms with van der Waals surface area (Å²) in [4.78, 5) is 37.3. The van der Waals surface area contributed by atoms with Gasteiger partial charge < -0.3 is 28.5 Å². The first-order valence-corrected chi connectivity index (χ1v) is 26.7. The van der Waals surface area contributed by atoms with E-state index in [-0.39, 0.29) is 32.2 Å². The molecule has 0 aromatic carbocycles. The number of carboxylic acids is 1. The lowest BCUT2D eigenvalue weighted by atomic mass is 10.1. The molecule has 374 valence electrons. The van der Waals surface area contributed by atoms with Gasteiger partial charge in [0.1, 0.15) is 13.2 Å². The van der Waals surface area contributed by atoms with Crippen molar-refractivity contribution in [1.82, 2.24) is 0 Å². The minimum absolute atomic E-state index is 0.185. The van der Waals surface area contributed by atoms with E-state index in [9.17, 15) is 19.5 Å². The van der Waals surface area contributed by atoms with Crippen LogP contribution in [0.4, 0.5) is 0 Å². The second-order valence-electron chi connectivity index (χ2n) is 19.2. The van der Waals surface area contributed by atoms with Gasteiger partial charge in [-0.15, -0.1) is 0 Å². The third-order valence-electron chi connectivity index (χ3n) is 11.6. The number of carbonyl (C=O) groups is 3. The van der Waals surface area contributed by atoms with E-state index in [0.29, 0.717) is 23.9 Å². The van der Waals surface area contributed by atoms with Crippen molar-refractivity contribution < 1.29 is 42.9 Å². The summed E-state index contributed by atoms with van der Waals surface area (Å²) in [7, 11) is 5.96. The van der Waals surface area contributed by atoms with Gasteiger partial charge in [-0.1, -0.05) is 192 Å². The van der Waals surface area contributed by atoms with Gasteiger partial charge in [0.25, 0.3) is 6.29 Å². The number of hydrogen-bond donors (Lipinski definition) is 1. The average Bonchev–Trinajstić information content (AvgIpc) is 3.26. The molecule has 0 aliphatic rings. The smallest absolute Gasteiger partial charge is 0.361 e. The second-order valence-corrected chi connectivity index (χ2v) is 19.2. The molecule has 0 fully saturated rings. The average molecular weight is 905 g/mol. The summed E-state index contributed by atoms with van der Waals surface area (Å²) in [6.45, 7) is 4.87. The fraction of sp³-hybridized carbons (Fsp3) is 0.836. The number of likely N-dealkylation sites (N-methyl/N-ethyl adjacent to an activating group) is 1. The predicted molar refractivity (Wildman–Crippen MR) is 267 cm³/mol. The molecular formula is C55H102NO8+. The molecule has 0 spiro atoms.